The van der Waals surface area contributed by atoms with Gasteiger partial charge in [-0.05, 0) is 37.1 Å². The third kappa shape index (κ3) is 8.90. The Morgan fingerprint density at radius 3 is 1.40 bits per heavy atom. The molecule has 8 nitrogen and oxygen atoms in total. The first-order valence-corrected chi connectivity index (χ1v) is 15.1. The zero-order valence-electron chi connectivity index (χ0n) is 24.6. The Balaban J connectivity index is 1.54. The number of aromatic nitrogens is 2. The molecule has 2 aromatic carbocycles. The van der Waals surface area contributed by atoms with Crippen molar-refractivity contribution in [3.8, 4) is 22.9 Å². The molecule has 0 unspecified atom stereocenters. The summed E-state index contributed by atoms with van der Waals surface area (Å²) < 4.78 is 22.0. The molecule has 0 saturated heterocycles. The topological polar surface area (TPSA) is 96.8 Å². The van der Waals surface area contributed by atoms with Gasteiger partial charge in [-0.15, -0.1) is 0 Å². The van der Waals surface area contributed by atoms with Crippen LogP contribution < -0.4 is 9.47 Å². The molecule has 0 radical (unpaired) electrons. The van der Waals surface area contributed by atoms with Gasteiger partial charge in [0.2, 0.25) is 0 Å². The molecule has 0 aliphatic carbocycles. The lowest BCUT2D eigenvalue weighted by molar-refractivity contribution is 0.0967. The molecule has 0 aliphatic heterocycles. The number of carbonyl (C=O) groups excluding carboxylic acids is 2. The second kappa shape index (κ2) is 16.3. The lowest BCUT2D eigenvalue weighted by Gasteiger charge is -2.13. The minimum absolute atomic E-state index is 0.306. The summed E-state index contributed by atoms with van der Waals surface area (Å²) in [4.78, 5) is 34.6. The minimum Gasteiger partial charge on any atom is -0.434 e. The highest BCUT2D eigenvalue weighted by Gasteiger charge is 2.17. The van der Waals surface area contributed by atoms with Crippen LogP contribution in [0.2, 0.25) is 0 Å². The number of hydrogen-bond acceptors (Lipinski definition) is 8. The zero-order valence-corrected chi connectivity index (χ0v) is 24.6. The molecule has 4 rings (SSSR count). The lowest BCUT2D eigenvalue weighted by atomic mass is 10.1. The van der Waals surface area contributed by atoms with Crippen molar-refractivity contribution >= 4 is 34.1 Å². The minimum atomic E-state index is -0.763. The van der Waals surface area contributed by atoms with Crippen molar-refractivity contribution in [3.63, 3.8) is 0 Å². The Morgan fingerprint density at radius 1 is 0.571 bits per heavy atom. The normalized spacial score (nSPS) is 11.0. The number of unbranched alkanes of at least 4 members (excludes halogenated alkanes) is 8. The molecular formula is C34H40N2O6. The Morgan fingerprint density at radius 2 is 0.976 bits per heavy atom. The number of rotatable bonds is 15. The van der Waals surface area contributed by atoms with E-state index in [1.165, 1.54) is 12.8 Å². The average Bonchev–Trinajstić information content (AvgIpc) is 3.00. The second-order valence-corrected chi connectivity index (χ2v) is 10.3. The van der Waals surface area contributed by atoms with Crippen molar-refractivity contribution < 1.29 is 28.5 Å². The number of pyridine rings is 2. The SMILES string of the molecule is CCCCCCCOC(=O)Oc1cc(-c2cc(OC(=O)OCCCCCCC)c3ccccc3n2)nc2ccccc12. The highest BCUT2D eigenvalue weighted by Crippen LogP contribution is 2.34. The molecule has 0 amide bonds. The fourth-order valence-corrected chi connectivity index (χ4v) is 4.68. The van der Waals surface area contributed by atoms with E-state index in [2.05, 4.69) is 13.8 Å². The predicted molar refractivity (Wildman–Crippen MR) is 164 cm³/mol. The summed E-state index contributed by atoms with van der Waals surface area (Å²) in [6.07, 6.45) is 8.97. The first-order chi connectivity index (χ1) is 20.6. The van der Waals surface area contributed by atoms with Crippen LogP contribution >= 0.6 is 0 Å². The van der Waals surface area contributed by atoms with Gasteiger partial charge in [0.25, 0.3) is 0 Å². The van der Waals surface area contributed by atoms with Crippen LogP contribution in [-0.4, -0.2) is 35.5 Å². The predicted octanol–water partition coefficient (Wildman–Crippen LogP) is 9.42. The number of hydrogen-bond donors (Lipinski definition) is 0. The van der Waals surface area contributed by atoms with E-state index in [1.54, 1.807) is 12.1 Å². The van der Waals surface area contributed by atoms with Crippen molar-refractivity contribution in [1.29, 1.82) is 0 Å². The lowest BCUT2D eigenvalue weighted by Crippen LogP contribution is -2.12. The first kappa shape index (κ1) is 30.8. The highest BCUT2D eigenvalue weighted by molar-refractivity contribution is 5.92. The van der Waals surface area contributed by atoms with Crippen LogP contribution in [0.3, 0.4) is 0 Å². The molecule has 2 aromatic heterocycles. The number of nitrogens with zero attached hydrogens (tertiary/aromatic N) is 2. The maximum absolute atomic E-state index is 12.6. The third-order valence-electron chi connectivity index (χ3n) is 6.94. The third-order valence-corrected chi connectivity index (χ3v) is 6.94. The maximum Gasteiger partial charge on any atom is 0.513 e. The standard InChI is InChI=1S/C34H40N2O6/c1-3-5-7-9-15-21-39-33(37)41-31-23-29(35-27-19-13-11-17-25(27)31)30-24-32(26-18-12-14-20-28(26)36-30)42-34(38)40-22-16-10-8-6-4-2/h11-14,17-20,23-24H,3-10,15-16,21-22H2,1-2H3. The second-order valence-electron chi connectivity index (χ2n) is 10.3. The molecule has 0 bridgehead atoms. The molecule has 2 heterocycles. The summed E-state index contributed by atoms with van der Waals surface area (Å²) >= 11 is 0. The van der Waals surface area contributed by atoms with Crippen molar-refractivity contribution in [2.45, 2.75) is 78.1 Å². The number of carbonyl (C=O) groups is 2. The van der Waals surface area contributed by atoms with E-state index in [0.717, 1.165) is 51.4 Å². The Hall–Kier alpha value is -4.20. The monoisotopic (exact) mass is 572 g/mol. The Kier molecular flexibility index (Phi) is 11.9. The van der Waals surface area contributed by atoms with Gasteiger partial charge in [-0.2, -0.15) is 0 Å². The molecule has 0 spiro atoms. The van der Waals surface area contributed by atoms with E-state index in [-0.39, 0.29) is 0 Å². The van der Waals surface area contributed by atoms with Crippen LogP contribution in [0.15, 0.2) is 60.7 Å². The van der Waals surface area contributed by atoms with Crippen LogP contribution in [0.4, 0.5) is 9.59 Å². The summed E-state index contributed by atoms with van der Waals surface area (Å²) in [6, 6.07) is 18.1. The molecule has 0 N–H and O–H groups in total. The molecule has 4 aromatic rings. The van der Waals surface area contributed by atoms with Crippen LogP contribution in [0, 0.1) is 0 Å². The first-order valence-electron chi connectivity index (χ1n) is 15.1. The van der Waals surface area contributed by atoms with Gasteiger partial charge >= 0.3 is 12.3 Å². The number of benzene rings is 2. The largest absolute Gasteiger partial charge is 0.513 e. The molecule has 0 atom stereocenters. The summed E-state index contributed by atoms with van der Waals surface area (Å²) in [5.41, 5.74) is 2.15. The quantitative estimate of drug-likeness (QED) is 0.103. The van der Waals surface area contributed by atoms with Gasteiger partial charge in [0.15, 0.2) is 0 Å². The van der Waals surface area contributed by atoms with Gasteiger partial charge < -0.3 is 18.9 Å². The molecule has 0 aliphatic rings. The van der Waals surface area contributed by atoms with Gasteiger partial charge in [-0.25, -0.2) is 19.6 Å². The van der Waals surface area contributed by atoms with E-state index in [4.69, 9.17) is 28.9 Å². The van der Waals surface area contributed by atoms with Crippen LogP contribution in [0.25, 0.3) is 33.2 Å². The number of para-hydroxylation sites is 2. The Labute approximate surface area is 247 Å². The van der Waals surface area contributed by atoms with Crippen molar-refractivity contribution in [2.24, 2.45) is 0 Å². The van der Waals surface area contributed by atoms with E-state index in [0.29, 0.717) is 57.9 Å². The number of fused-ring (bicyclic) bond motifs is 2. The van der Waals surface area contributed by atoms with Gasteiger partial charge in [-0.1, -0.05) is 89.5 Å². The highest BCUT2D eigenvalue weighted by atomic mass is 16.7. The van der Waals surface area contributed by atoms with Crippen LogP contribution in [0.5, 0.6) is 11.5 Å². The molecular weight excluding hydrogens is 532 g/mol. The maximum atomic E-state index is 12.6. The molecule has 0 saturated carbocycles. The summed E-state index contributed by atoms with van der Waals surface area (Å²) in [5, 5.41) is 1.34. The van der Waals surface area contributed by atoms with Gasteiger partial charge in [0, 0.05) is 22.9 Å². The van der Waals surface area contributed by atoms with E-state index in [1.807, 2.05) is 48.5 Å². The summed E-state index contributed by atoms with van der Waals surface area (Å²) in [7, 11) is 0. The van der Waals surface area contributed by atoms with Gasteiger partial charge in [0.05, 0.1) is 35.6 Å². The zero-order chi connectivity index (χ0) is 29.6. The number of ether oxygens (including phenoxy) is 4. The summed E-state index contributed by atoms with van der Waals surface area (Å²) in [6.45, 7) is 4.93. The average molecular weight is 573 g/mol. The van der Waals surface area contributed by atoms with E-state index >= 15 is 0 Å². The van der Waals surface area contributed by atoms with Crippen molar-refractivity contribution in [2.75, 3.05) is 13.2 Å². The van der Waals surface area contributed by atoms with Gasteiger partial charge in [0.1, 0.15) is 11.5 Å². The summed E-state index contributed by atoms with van der Waals surface area (Å²) in [5.74, 6) is 0.623. The smallest absolute Gasteiger partial charge is 0.434 e. The molecule has 0 fully saturated rings. The van der Waals surface area contributed by atoms with E-state index < -0.39 is 12.3 Å². The Bertz CT molecular complexity index is 1360. The van der Waals surface area contributed by atoms with Crippen LogP contribution in [-0.2, 0) is 9.47 Å². The van der Waals surface area contributed by atoms with E-state index in [9.17, 15) is 9.59 Å². The van der Waals surface area contributed by atoms with Crippen molar-refractivity contribution in [1.82, 2.24) is 9.97 Å². The molecule has 222 valence electrons. The fourth-order valence-electron chi connectivity index (χ4n) is 4.68. The van der Waals surface area contributed by atoms with Gasteiger partial charge in [-0.3, -0.25) is 0 Å². The molecule has 42 heavy (non-hydrogen) atoms. The molecule has 8 heteroatoms. The fraction of sp³-hybridized carbons (Fsp3) is 0.412. The van der Waals surface area contributed by atoms with Crippen LogP contribution in [0.1, 0.15) is 78.1 Å². The van der Waals surface area contributed by atoms with Crippen molar-refractivity contribution in [3.05, 3.63) is 60.7 Å².